The van der Waals surface area contributed by atoms with Crippen LogP contribution in [-0.4, -0.2) is 13.6 Å². The quantitative estimate of drug-likeness (QED) is 0.814. The molecule has 1 aliphatic carbocycles. The fraction of sp³-hybridized carbons (Fsp3) is 0.600. The lowest BCUT2D eigenvalue weighted by atomic mass is 9.81. The Morgan fingerprint density at radius 3 is 2.62 bits per heavy atom. The van der Waals surface area contributed by atoms with E-state index >= 15 is 0 Å². The molecule has 0 amide bonds. The highest BCUT2D eigenvalue weighted by Gasteiger charge is 2.17. The van der Waals surface area contributed by atoms with E-state index in [-0.39, 0.29) is 0 Å². The third-order valence-electron chi connectivity index (χ3n) is 3.74. The second kappa shape index (κ2) is 6.05. The largest absolute Gasteiger partial charge is 0.319 e. The summed E-state index contributed by atoms with van der Waals surface area (Å²) in [7, 11) is 2.03. The van der Waals surface area contributed by atoms with Crippen molar-refractivity contribution in [2.24, 2.45) is 0 Å². The Morgan fingerprint density at radius 2 is 1.88 bits per heavy atom. The monoisotopic (exact) mass is 217 g/mol. The maximum absolute atomic E-state index is 3.25. The van der Waals surface area contributed by atoms with Crippen LogP contribution in [0.15, 0.2) is 24.3 Å². The summed E-state index contributed by atoms with van der Waals surface area (Å²) in [4.78, 5) is 0. The number of hydrogen-bond acceptors (Lipinski definition) is 1. The van der Waals surface area contributed by atoms with Gasteiger partial charge >= 0.3 is 0 Å². The Labute approximate surface area is 99.3 Å². The lowest BCUT2D eigenvalue weighted by molar-refractivity contribution is 0.441. The molecule has 0 unspecified atom stereocenters. The zero-order valence-corrected chi connectivity index (χ0v) is 10.3. The van der Waals surface area contributed by atoms with Gasteiger partial charge in [0.25, 0.3) is 0 Å². The van der Waals surface area contributed by atoms with E-state index in [1.54, 1.807) is 11.1 Å². The van der Waals surface area contributed by atoms with Crippen LogP contribution >= 0.6 is 0 Å². The van der Waals surface area contributed by atoms with Gasteiger partial charge in [0.15, 0.2) is 0 Å². The molecule has 1 N–H and O–H groups in total. The molecule has 0 aromatic heterocycles. The van der Waals surface area contributed by atoms with Crippen molar-refractivity contribution >= 4 is 0 Å². The van der Waals surface area contributed by atoms with Crippen LogP contribution in [0.1, 0.15) is 49.1 Å². The standard InChI is InChI=1S/C15H23N/c1-16-12-11-14-9-5-6-10-15(14)13-7-3-2-4-8-13/h5-6,9-10,13,16H,2-4,7-8,11-12H2,1H3. The van der Waals surface area contributed by atoms with Gasteiger partial charge in [0.05, 0.1) is 0 Å². The summed E-state index contributed by atoms with van der Waals surface area (Å²) < 4.78 is 0. The van der Waals surface area contributed by atoms with Gasteiger partial charge < -0.3 is 5.32 Å². The van der Waals surface area contributed by atoms with Crippen molar-refractivity contribution in [2.45, 2.75) is 44.4 Å². The summed E-state index contributed by atoms with van der Waals surface area (Å²) in [6.45, 7) is 1.09. The minimum Gasteiger partial charge on any atom is -0.319 e. The van der Waals surface area contributed by atoms with Gasteiger partial charge in [-0.3, -0.25) is 0 Å². The van der Waals surface area contributed by atoms with Gasteiger partial charge in [-0.15, -0.1) is 0 Å². The van der Waals surface area contributed by atoms with Crippen molar-refractivity contribution in [1.29, 1.82) is 0 Å². The molecule has 1 heteroatoms. The Balaban J connectivity index is 2.11. The first kappa shape index (κ1) is 11.7. The zero-order valence-electron chi connectivity index (χ0n) is 10.3. The molecule has 0 bridgehead atoms. The number of rotatable bonds is 4. The number of benzene rings is 1. The van der Waals surface area contributed by atoms with Crippen LogP contribution in [-0.2, 0) is 6.42 Å². The molecule has 1 aromatic carbocycles. The average molecular weight is 217 g/mol. The number of hydrogen-bond donors (Lipinski definition) is 1. The molecule has 1 aromatic rings. The Morgan fingerprint density at radius 1 is 1.12 bits per heavy atom. The molecule has 16 heavy (non-hydrogen) atoms. The van der Waals surface area contributed by atoms with E-state index in [1.807, 2.05) is 7.05 Å². The maximum atomic E-state index is 3.25. The van der Waals surface area contributed by atoms with Crippen LogP contribution < -0.4 is 5.32 Å². The summed E-state index contributed by atoms with van der Waals surface area (Å²) in [5, 5.41) is 3.25. The fourth-order valence-corrected chi connectivity index (χ4v) is 2.83. The zero-order chi connectivity index (χ0) is 11.2. The molecule has 0 saturated heterocycles. The minimum absolute atomic E-state index is 0.835. The average Bonchev–Trinajstić information content (AvgIpc) is 2.38. The maximum Gasteiger partial charge on any atom is -0.00113 e. The van der Waals surface area contributed by atoms with E-state index in [4.69, 9.17) is 0 Å². The van der Waals surface area contributed by atoms with Crippen molar-refractivity contribution in [3.63, 3.8) is 0 Å². The predicted octanol–water partition coefficient (Wildman–Crippen LogP) is 3.50. The molecule has 0 heterocycles. The summed E-state index contributed by atoms with van der Waals surface area (Å²) in [5.41, 5.74) is 3.18. The van der Waals surface area contributed by atoms with Crippen molar-refractivity contribution in [3.05, 3.63) is 35.4 Å². The van der Waals surface area contributed by atoms with Crippen LogP contribution in [0.3, 0.4) is 0 Å². The molecule has 1 aliphatic rings. The molecular weight excluding hydrogens is 194 g/mol. The van der Waals surface area contributed by atoms with E-state index in [2.05, 4.69) is 29.6 Å². The lowest BCUT2D eigenvalue weighted by Gasteiger charge is -2.24. The molecular formula is C15H23N. The molecule has 0 radical (unpaired) electrons. The fourth-order valence-electron chi connectivity index (χ4n) is 2.83. The topological polar surface area (TPSA) is 12.0 Å². The molecule has 0 aliphatic heterocycles. The van der Waals surface area contributed by atoms with Crippen LogP contribution in [0.25, 0.3) is 0 Å². The van der Waals surface area contributed by atoms with Gasteiger partial charge in [0.2, 0.25) is 0 Å². The first-order chi connectivity index (χ1) is 7.92. The van der Waals surface area contributed by atoms with E-state index < -0.39 is 0 Å². The second-order valence-corrected chi connectivity index (χ2v) is 4.89. The minimum atomic E-state index is 0.835. The summed E-state index contributed by atoms with van der Waals surface area (Å²) in [6, 6.07) is 9.03. The summed E-state index contributed by atoms with van der Waals surface area (Å²) in [5.74, 6) is 0.835. The second-order valence-electron chi connectivity index (χ2n) is 4.89. The van der Waals surface area contributed by atoms with Crippen molar-refractivity contribution in [1.82, 2.24) is 5.32 Å². The first-order valence-electron chi connectivity index (χ1n) is 6.64. The van der Waals surface area contributed by atoms with E-state index in [9.17, 15) is 0 Å². The normalized spacial score (nSPS) is 17.6. The molecule has 1 nitrogen and oxygen atoms in total. The highest BCUT2D eigenvalue weighted by molar-refractivity contribution is 5.31. The van der Waals surface area contributed by atoms with Gasteiger partial charge in [-0.25, -0.2) is 0 Å². The Kier molecular flexibility index (Phi) is 4.41. The van der Waals surface area contributed by atoms with Crippen LogP contribution in [0.4, 0.5) is 0 Å². The number of likely N-dealkylation sites (N-methyl/N-ethyl adjacent to an activating group) is 1. The van der Waals surface area contributed by atoms with Crippen molar-refractivity contribution in [3.8, 4) is 0 Å². The van der Waals surface area contributed by atoms with Gasteiger partial charge in [-0.1, -0.05) is 43.5 Å². The summed E-state index contributed by atoms with van der Waals surface area (Å²) >= 11 is 0. The van der Waals surface area contributed by atoms with Gasteiger partial charge in [0, 0.05) is 0 Å². The van der Waals surface area contributed by atoms with Gasteiger partial charge in [0.1, 0.15) is 0 Å². The predicted molar refractivity (Wildman–Crippen MR) is 69.9 cm³/mol. The molecule has 2 rings (SSSR count). The SMILES string of the molecule is CNCCc1ccccc1C1CCCCC1. The third-order valence-corrected chi connectivity index (χ3v) is 3.74. The summed E-state index contributed by atoms with van der Waals surface area (Å²) in [6.07, 6.45) is 8.25. The van der Waals surface area contributed by atoms with Crippen LogP contribution in [0.2, 0.25) is 0 Å². The molecule has 1 fully saturated rings. The Bertz CT molecular complexity index is 313. The molecule has 88 valence electrons. The van der Waals surface area contributed by atoms with E-state index in [0.29, 0.717) is 0 Å². The van der Waals surface area contributed by atoms with E-state index in [1.165, 1.54) is 38.5 Å². The first-order valence-corrected chi connectivity index (χ1v) is 6.64. The van der Waals surface area contributed by atoms with Crippen molar-refractivity contribution in [2.75, 3.05) is 13.6 Å². The van der Waals surface area contributed by atoms with Gasteiger partial charge in [-0.2, -0.15) is 0 Å². The molecule has 0 spiro atoms. The van der Waals surface area contributed by atoms with E-state index in [0.717, 1.165) is 12.5 Å². The van der Waals surface area contributed by atoms with Gasteiger partial charge in [-0.05, 0) is 49.9 Å². The highest BCUT2D eigenvalue weighted by atomic mass is 14.8. The van der Waals surface area contributed by atoms with Crippen LogP contribution in [0.5, 0.6) is 0 Å². The Hall–Kier alpha value is -0.820. The van der Waals surface area contributed by atoms with Crippen LogP contribution in [0, 0.1) is 0 Å². The molecule has 0 atom stereocenters. The highest BCUT2D eigenvalue weighted by Crippen LogP contribution is 2.34. The van der Waals surface area contributed by atoms with Crippen molar-refractivity contribution < 1.29 is 0 Å². The smallest absolute Gasteiger partial charge is 0.00113 e. The molecule has 1 saturated carbocycles. The third kappa shape index (κ3) is 2.85. The number of nitrogens with one attached hydrogen (secondary N) is 1. The lowest BCUT2D eigenvalue weighted by Crippen LogP contribution is -2.13.